The summed E-state index contributed by atoms with van der Waals surface area (Å²) in [5, 5.41) is 5.43. The van der Waals surface area contributed by atoms with E-state index in [2.05, 4.69) is 15.5 Å². The van der Waals surface area contributed by atoms with Gasteiger partial charge < -0.3 is 20.1 Å². The van der Waals surface area contributed by atoms with E-state index in [9.17, 15) is 9.59 Å². The molecule has 0 unspecified atom stereocenters. The number of hydrogen-bond donors (Lipinski definition) is 2. The molecule has 0 aromatic heterocycles. The lowest BCUT2D eigenvalue weighted by Crippen LogP contribution is -2.45. The van der Waals surface area contributed by atoms with Crippen LogP contribution in [-0.4, -0.2) is 62.7 Å². The van der Waals surface area contributed by atoms with Gasteiger partial charge in [-0.1, -0.05) is 18.2 Å². The highest BCUT2D eigenvalue weighted by Gasteiger charge is 2.28. The summed E-state index contributed by atoms with van der Waals surface area (Å²) in [4.78, 5) is 26.6. The molecular formula is C20H29N3O4. The highest BCUT2D eigenvalue weighted by Crippen LogP contribution is 2.22. The van der Waals surface area contributed by atoms with Crippen molar-refractivity contribution < 1.29 is 19.1 Å². The molecule has 3 rings (SSSR count). The highest BCUT2D eigenvalue weighted by atomic mass is 16.5. The van der Waals surface area contributed by atoms with Crippen LogP contribution in [0.1, 0.15) is 24.8 Å². The summed E-state index contributed by atoms with van der Waals surface area (Å²) in [6.45, 7) is 4.59. The molecule has 0 bridgehead atoms. The molecule has 2 N–H and O–H groups in total. The molecule has 148 valence electrons. The Bertz CT molecular complexity index is 638. The van der Waals surface area contributed by atoms with Crippen LogP contribution in [0.2, 0.25) is 0 Å². The zero-order valence-corrected chi connectivity index (χ0v) is 15.9. The lowest BCUT2D eigenvalue weighted by molar-refractivity contribution is -0.139. The second-order valence-corrected chi connectivity index (χ2v) is 7.20. The number of nitrogens with zero attached hydrogens (tertiary/aromatic N) is 1. The van der Waals surface area contributed by atoms with Gasteiger partial charge in [-0.25, -0.2) is 0 Å². The van der Waals surface area contributed by atoms with Crippen LogP contribution in [0.15, 0.2) is 24.3 Å². The van der Waals surface area contributed by atoms with Crippen molar-refractivity contribution in [3.8, 4) is 5.75 Å². The minimum absolute atomic E-state index is 0.262. The monoisotopic (exact) mass is 375 g/mol. The maximum absolute atomic E-state index is 12.1. The van der Waals surface area contributed by atoms with Gasteiger partial charge >= 0.3 is 11.8 Å². The van der Waals surface area contributed by atoms with E-state index in [0.29, 0.717) is 24.3 Å². The smallest absolute Gasteiger partial charge is 0.309 e. The SMILES string of the molecule is COc1ccccc1CNC(=O)C(=O)NCC1CCN([C@@H]2CCOC2)CC1. The van der Waals surface area contributed by atoms with Crippen molar-refractivity contribution in [2.45, 2.75) is 31.8 Å². The molecule has 7 nitrogen and oxygen atoms in total. The number of carbonyl (C=O) groups excluding carboxylic acids is 2. The Morgan fingerprint density at radius 1 is 1.15 bits per heavy atom. The van der Waals surface area contributed by atoms with Crippen LogP contribution in [0.5, 0.6) is 5.75 Å². The quantitative estimate of drug-likeness (QED) is 0.723. The van der Waals surface area contributed by atoms with E-state index in [1.165, 1.54) is 0 Å². The van der Waals surface area contributed by atoms with E-state index in [1.807, 2.05) is 24.3 Å². The molecule has 0 aliphatic carbocycles. The third-order valence-corrected chi connectivity index (χ3v) is 5.46. The van der Waals surface area contributed by atoms with Crippen molar-refractivity contribution in [1.29, 1.82) is 0 Å². The first-order valence-electron chi connectivity index (χ1n) is 9.67. The van der Waals surface area contributed by atoms with Crippen molar-refractivity contribution in [2.75, 3.05) is 40.0 Å². The summed E-state index contributed by atoms with van der Waals surface area (Å²) >= 11 is 0. The van der Waals surface area contributed by atoms with Crippen LogP contribution in [0.25, 0.3) is 0 Å². The molecule has 0 spiro atoms. The van der Waals surface area contributed by atoms with Crippen LogP contribution in [-0.2, 0) is 20.9 Å². The second kappa shape index (κ2) is 9.71. The summed E-state index contributed by atoms with van der Waals surface area (Å²) in [5.41, 5.74) is 0.837. The number of ether oxygens (including phenoxy) is 2. The van der Waals surface area contributed by atoms with Gasteiger partial charge in [0, 0.05) is 31.3 Å². The number of para-hydroxylation sites is 1. The zero-order chi connectivity index (χ0) is 19.1. The maximum atomic E-state index is 12.1. The average Bonchev–Trinajstić information content (AvgIpc) is 3.25. The van der Waals surface area contributed by atoms with Gasteiger partial charge in [0.1, 0.15) is 5.75 Å². The number of methoxy groups -OCH3 is 1. The molecule has 2 saturated heterocycles. The Labute approximate surface area is 160 Å². The van der Waals surface area contributed by atoms with Gasteiger partial charge in [0.25, 0.3) is 0 Å². The molecule has 1 aromatic rings. The molecular weight excluding hydrogens is 346 g/mol. The van der Waals surface area contributed by atoms with Crippen molar-refractivity contribution in [1.82, 2.24) is 15.5 Å². The van der Waals surface area contributed by atoms with Crippen molar-refractivity contribution in [3.05, 3.63) is 29.8 Å². The van der Waals surface area contributed by atoms with Crippen LogP contribution in [0, 0.1) is 5.92 Å². The molecule has 2 aliphatic rings. The van der Waals surface area contributed by atoms with Gasteiger partial charge in [-0.15, -0.1) is 0 Å². The van der Waals surface area contributed by atoms with Crippen LogP contribution >= 0.6 is 0 Å². The molecule has 7 heteroatoms. The van der Waals surface area contributed by atoms with E-state index in [0.717, 1.165) is 51.1 Å². The summed E-state index contributed by atoms with van der Waals surface area (Å²) in [7, 11) is 1.58. The molecule has 0 saturated carbocycles. The summed E-state index contributed by atoms with van der Waals surface area (Å²) in [6.07, 6.45) is 3.20. The van der Waals surface area contributed by atoms with Gasteiger partial charge in [-0.3, -0.25) is 14.5 Å². The fourth-order valence-electron chi connectivity index (χ4n) is 3.75. The third-order valence-electron chi connectivity index (χ3n) is 5.46. The van der Waals surface area contributed by atoms with E-state index in [-0.39, 0.29) is 6.54 Å². The predicted molar refractivity (Wildman–Crippen MR) is 101 cm³/mol. The fourth-order valence-corrected chi connectivity index (χ4v) is 3.75. The number of amides is 2. The number of carbonyl (C=O) groups is 2. The minimum Gasteiger partial charge on any atom is -0.496 e. The van der Waals surface area contributed by atoms with E-state index >= 15 is 0 Å². The molecule has 2 fully saturated rings. The number of rotatable bonds is 6. The number of nitrogens with one attached hydrogen (secondary N) is 2. The van der Waals surface area contributed by atoms with Crippen molar-refractivity contribution >= 4 is 11.8 Å². The molecule has 2 heterocycles. The number of likely N-dealkylation sites (tertiary alicyclic amines) is 1. The largest absolute Gasteiger partial charge is 0.496 e. The van der Waals surface area contributed by atoms with Crippen LogP contribution in [0.4, 0.5) is 0 Å². The van der Waals surface area contributed by atoms with Gasteiger partial charge in [0.05, 0.1) is 13.7 Å². The number of hydrogen-bond acceptors (Lipinski definition) is 5. The summed E-state index contributed by atoms with van der Waals surface area (Å²) in [6, 6.07) is 7.98. The minimum atomic E-state index is -0.610. The Morgan fingerprint density at radius 2 is 1.89 bits per heavy atom. The highest BCUT2D eigenvalue weighted by molar-refractivity contribution is 6.35. The summed E-state index contributed by atoms with van der Waals surface area (Å²) < 4.78 is 10.7. The van der Waals surface area contributed by atoms with Crippen molar-refractivity contribution in [2.24, 2.45) is 5.92 Å². The first-order valence-corrected chi connectivity index (χ1v) is 9.67. The average molecular weight is 375 g/mol. The first kappa shape index (κ1) is 19.6. The molecule has 2 amide bonds. The Kier molecular flexibility index (Phi) is 7.06. The Hall–Kier alpha value is -2.12. The molecule has 2 aliphatic heterocycles. The van der Waals surface area contributed by atoms with Crippen LogP contribution < -0.4 is 15.4 Å². The summed E-state index contributed by atoms with van der Waals surface area (Å²) in [5.74, 6) is -0.0647. The molecule has 27 heavy (non-hydrogen) atoms. The van der Waals surface area contributed by atoms with Crippen molar-refractivity contribution in [3.63, 3.8) is 0 Å². The number of piperidine rings is 1. The van der Waals surface area contributed by atoms with Crippen LogP contribution in [0.3, 0.4) is 0 Å². The Morgan fingerprint density at radius 3 is 2.59 bits per heavy atom. The number of benzene rings is 1. The molecule has 0 radical (unpaired) electrons. The fraction of sp³-hybridized carbons (Fsp3) is 0.600. The predicted octanol–water partition coefficient (Wildman–Crippen LogP) is 0.929. The van der Waals surface area contributed by atoms with E-state index < -0.39 is 11.8 Å². The first-order chi connectivity index (χ1) is 13.2. The lowest BCUT2D eigenvalue weighted by Gasteiger charge is -2.35. The third kappa shape index (κ3) is 5.43. The van der Waals surface area contributed by atoms with Gasteiger partial charge in [-0.2, -0.15) is 0 Å². The van der Waals surface area contributed by atoms with E-state index in [1.54, 1.807) is 7.11 Å². The normalized spacial score (nSPS) is 21.0. The molecule has 1 aromatic carbocycles. The Balaban J connectivity index is 1.36. The van der Waals surface area contributed by atoms with Gasteiger partial charge in [-0.05, 0) is 44.3 Å². The molecule has 1 atom stereocenters. The zero-order valence-electron chi connectivity index (χ0n) is 15.9. The topological polar surface area (TPSA) is 79.9 Å². The van der Waals surface area contributed by atoms with E-state index in [4.69, 9.17) is 9.47 Å². The maximum Gasteiger partial charge on any atom is 0.309 e. The standard InChI is InChI=1S/C20H29N3O4/c1-26-18-5-3-2-4-16(18)13-22-20(25)19(24)21-12-15-6-9-23(10-7-15)17-8-11-27-14-17/h2-5,15,17H,6-14H2,1H3,(H,21,24)(H,22,25)/t17-/m1/s1. The second-order valence-electron chi connectivity index (χ2n) is 7.20. The van der Waals surface area contributed by atoms with Gasteiger partial charge in [0.2, 0.25) is 0 Å². The lowest BCUT2D eigenvalue weighted by atomic mass is 9.95. The van der Waals surface area contributed by atoms with Gasteiger partial charge in [0.15, 0.2) is 0 Å².